The van der Waals surface area contributed by atoms with Crippen LogP contribution in [0.15, 0.2) is 24.3 Å². The third-order valence-electron chi connectivity index (χ3n) is 3.20. The highest BCUT2D eigenvalue weighted by molar-refractivity contribution is 5.73. The van der Waals surface area contributed by atoms with E-state index in [9.17, 15) is 9.90 Å². The summed E-state index contributed by atoms with van der Waals surface area (Å²) in [6.45, 7) is 11.4. The molecular formula is C17H26O3. The molecule has 2 atom stereocenters. The summed E-state index contributed by atoms with van der Waals surface area (Å²) in [5.41, 5.74) is 1.42. The monoisotopic (exact) mass is 278 g/mol. The second kappa shape index (κ2) is 6.40. The van der Waals surface area contributed by atoms with Crippen molar-refractivity contribution in [1.29, 1.82) is 0 Å². The average molecular weight is 278 g/mol. The molecule has 1 N–H and O–H groups in total. The molecule has 0 aliphatic rings. The van der Waals surface area contributed by atoms with Gasteiger partial charge in [-0.25, -0.2) is 0 Å². The molecule has 0 aromatic heterocycles. The van der Waals surface area contributed by atoms with E-state index in [1.54, 1.807) is 6.92 Å². The zero-order chi connectivity index (χ0) is 15.5. The molecule has 0 bridgehead atoms. The van der Waals surface area contributed by atoms with Crippen LogP contribution < -0.4 is 0 Å². The van der Waals surface area contributed by atoms with Crippen LogP contribution >= 0.6 is 0 Å². The number of hydrogen-bond donors (Lipinski definition) is 1. The standard InChI is InChI=1S/C17H26O3/c1-11(2)13-7-9-14(10-8-13)15(18)12(3)16(19)20-17(4,5)6/h7-12,15,18H,1-6H3. The van der Waals surface area contributed by atoms with Crippen molar-refractivity contribution in [3.63, 3.8) is 0 Å². The number of carbonyl (C=O) groups excluding carboxylic acids is 1. The van der Waals surface area contributed by atoms with Crippen molar-refractivity contribution in [1.82, 2.24) is 0 Å². The molecule has 0 heterocycles. The average Bonchev–Trinajstić information content (AvgIpc) is 2.35. The molecule has 0 radical (unpaired) electrons. The summed E-state index contributed by atoms with van der Waals surface area (Å²) in [5.74, 6) is -0.512. The first-order valence-electron chi connectivity index (χ1n) is 7.12. The Balaban J connectivity index is 2.78. The van der Waals surface area contributed by atoms with Gasteiger partial charge in [0, 0.05) is 0 Å². The Morgan fingerprint density at radius 2 is 1.50 bits per heavy atom. The Kier molecular flexibility index (Phi) is 5.35. The van der Waals surface area contributed by atoms with Gasteiger partial charge in [-0.2, -0.15) is 0 Å². The maximum Gasteiger partial charge on any atom is 0.312 e. The van der Waals surface area contributed by atoms with Gasteiger partial charge < -0.3 is 9.84 Å². The van der Waals surface area contributed by atoms with Gasteiger partial charge in [0.05, 0.1) is 12.0 Å². The number of rotatable bonds is 4. The lowest BCUT2D eigenvalue weighted by Crippen LogP contribution is -2.30. The number of hydrogen-bond acceptors (Lipinski definition) is 3. The number of carbonyl (C=O) groups is 1. The fraction of sp³-hybridized carbons (Fsp3) is 0.588. The summed E-state index contributed by atoms with van der Waals surface area (Å²) in [5, 5.41) is 10.3. The van der Waals surface area contributed by atoms with E-state index in [0.29, 0.717) is 5.92 Å². The SMILES string of the molecule is CC(C)c1ccc(C(O)C(C)C(=O)OC(C)(C)C)cc1. The molecule has 2 unspecified atom stereocenters. The van der Waals surface area contributed by atoms with Crippen molar-refractivity contribution in [2.45, 2.75) is 59.2 Å². The molecule has 1 aromatic carbocycles. The largest absolute Gasteiger partial charge is 0.460 e. The molecule has 112 valence electrons. The van der Waals surface area contributed by atoms with Gasteiger partial charge in [0.25, 0.3) is 0 Å². The Labute approximate surface area is 122 Å². The Bertz CT molecular complexity index is 440. The predicted molar refractivity (Wildman–Crippen MR) is 80.5 cm³/mol. The Hall–Kier alpha value is -1.35. The summed E-state index contributed by atoms with van der Waals surface area (Å²) < 4.78 is 5.31. The van der Waals surface area contributed by atoms with Crippen LogP contribution in [-0.2, 0) is 9.53 Å². The van der Waals surface area contributed by atoms with Gasteiger partial charge >= 0.3 is 5.97 Å². The summed E-state index contributed by atoms with van der Waals surface area (Å²) in [7, 11) is 0. The highest BCUT2D eigenvalue weighted by atomic mass is 16.6. The maximum atomic E-state index is 12.0. The first kappa shape index (κ1) is 16.7. The van der Waals surface area contributed by atoms with Crippen molar-refractivity contribution in [3.8, 4) is 0 Å². The van der Waals surface area contributed by atoms with Crippen molar-refractivity contribution in [2.24, 2.45) is 5.92 Å². The van der Waals surface area contributed by atoms with E-state index in [-0.39, 0.29) is 5.97 Å². The third-order valence-corrected chi connectivity index (χ3v) is 3.20. The smallest absolute Gasteiger partial charge is 0.312 e. The molecule has 20 heavy (non-hydrogen) atoms. The van der Waals surface area contributed by atoms with Crippen LogP contribution in [0.25, 0.3) is 0 Å². The molecule has 3 heteroatoms. The molecule has 0 spiro atoms. The van der Waals surface area contributed by atoms with Gasteiger partial charge in [-0.3, -0.25) is 4.79 Å². The van der Waals surface area contributed by atoms with Crippen molar-refractivity contribution < 1.29 is 14.6 Å². The zero-order valence-corrected chi connectivity index (χ0v) is 13.3. The quantitative estimate of drug-likeness (QED) is 0.852. The lowest BCUT2D eigenvalue weighted by Gasteiger charge is -2.24. The molecule has 0 amide bonds. The molecule has 0 aliphatic heterocycles. The first-order chi connectivity index (χ1) is 9.11. The van der Waals surface area contributed by atoms with Crippen molar-refractivity contribution >= 4 is 5.97 Å². The molecular weight excluding hydrogens is 252 g/mol. The molecule has 1 rings (SSSR count). The van der Waals surface area contributed by atoms with E-state index in [1.807, 2.05) is 45.0 Å². The lowest BCUT2D eigenvalue weighted by atomic mass is 9.94. The molecule has 3 nitrogen and oxygen atoms in total. The number of aliphatic hydroxyl groups excluding tert-OH is 1. The van der Waals surface area contributed by atoms with Crippen molar-refractivity contribution in [2.75, 3.05) is 0 Å². The minimum Gasteiger partial charge on any atom is -0.460 e. The predicted octanol–water partition coefficient (Wildman–Crippen LogP) is 3.82. The van der Waals surface area contributed by atoms with Gasteiger partial charge in [0.1, 0.15) is 5.60 Å². The van der Waals surface area contributed by atoms with Crippen LogP contribution in [0.4, 0.5) is 0 Å². The summed E-state index contributed by atoms with van der Waals surface area (Å²) >= 11 is 0. The number of aliphatic hydroxyl groups is 1. The lowest BCUT2D eigenvalue weighted by molar-refractivity contribution is -0.163. The van der Waals surface area contributed by atoms with Crippen LogP contribution in [0, 0.1) is 5.92 Å². The molecule has 1 aromatic rings. The third kappa shape index (κ3) is 4.64. The fourth-order valence-corrected chi connectivity index (χ4v) is 1.89. The number of benzene rings is 1. The van der Waals surface area contributed by atoms with Crippen LogP contribution in [-0.4, -0.2) is 16.7 Å². The first-order valence-corrected chi connectivity index (χ1v) is 7.12. The van der Waals surface area contributed by atoms with Crippen LogP contribution in [0.1, 0.15) is 64.7 Å². The Morgan fingerprint density at radius 3 is 1.90 bits per heavy atom. The highest BCUT2D eigenvalue weighted by Gasteiger charge is 2.28. The molecule has 0 saturated carbocycles. The molecule has 0 fully saturated rings. The minimum absolute atomic E-state index is 0.377. The van der Waals surface area contributed by atoms with E-state index in [0.717, 1.165) is 5.56 Å². The fourth-order valence-electron chi connectivity index (χ4n) is 1.89. The second-order valence-electron chi connectivity index (χ2n) is 6.59. The van der Waals surface area contributed by atoms with Crippen molar-refractivity contribution in [3.05, 3.63) is 35.4 Å². The molecule has 0 saturated heterocycles. The van der Waals surface area contributed by atoms with Gasteiger partial charge in [-0.1, -0.05) is 38.1 Å². The minimum atomic E-state index is -0.842. The van der Waals surface area contributed by atoms with E-state index in [2.05, 4.69) is 13.8 Å². The normalized spacial score (nSPS) is 15.0. The van der Waals surface area contributed by atoms with Gasteiger partial charge in [-0.15, -0.1) is 0 Å². The van der Waals surface area contributed by atoms with E-state index >= 15 is 0 Å². The number of ether oxygens (including phenoxy) is 1. The molecule has 0 aliphatic carbocycles. The number of esters is 1. The zero-order valence-electron chi connectivity index (χ0n) is 13.3. The maximum absolute atomic E-state index is 12.0. The van der Waals surface area contributed by atoms with E-state index < -0.39 is 17.6 Å². The highest BCUT2D eigenvalue weighted by Crippen LogP contribution is 2.26. The summed E-state index contributed by atoms with van der Waals surface area (Å²) in [4.78, 5) is 12.0. The Morgan fingerprint density at radius 1 is 1.05 bits per heavy atom. The van der Waals surface area contributed by atoms with E-state index in [4.69, 9.17) is 4.74 Å². The summed E-state index contributed by atoms with van der Waals surface area (Å²) in [6.07, 6.45) is -0.842. The van der Waals surface area contributed by atoms with Crippen LogP contribution in [0.3, 0.4) is 0 Å². The van der Waals surface area contributed by atoms with Crippen LogP contribution in [0.2, 0.25) is 0 Å². The van der Waals surface area contributed by atoms with E-state index in [1.165, 1.54) is 5.56 Å². The topological polar surface area (TPSA) is 46.5 Å². The van der Waals surface area contributed by atoms with Crippen LogP contribution in [0.5, 0.6) is 0 Å². The van der Waals surface area contributed by atoms with Gasteiger partial charge in [-0.05, 0) is 44.7 Å². The van der Waals surface area contributed by atoms with Gasteiger partial charge in [0.2, 0.25) is 0 Å². The van der Waals surface area contributed by atoms with Gasteiger partial charge in [0.15, 0.2) is 0 Å². The second-order valence-corrected chi connectivity index (χ2v) is 6.59. The summed E-state index contributed by atoms with van der Waals surface area (Å²) in [6, 6.07) is 7.73.